The third-order valence-electron chi connectivity index (χ3n) is 4.14. The van der Waals surface area contributed by atoms with Crippen LogP contribution in [0.15, 0.2) is 69.6 Å². The normalized spacial score (nSPS) is 11.1. The number of nitriles is 1. The van der Waals surface area contributed by atoms with Gasteiger partial charge in [-0.25, -0.2) is 0 Å². The first-order valence-electron chi connectivity index (χ1n) is 8.60. The average molecular weight is 549 g/mol. The van der Waals surface area contributed by atoms with E-state index < -0.39 is 4.92 Å². The number of allylic oxidation sites excluding steroid dienone is 1. The van der Waals surface area contributed by atoms with Crippen molar-refractivity contribution in [3.63, 3.8) is 0 Å². The number of halogens is 3. The third-order valence-corrected chi connectivity index (χ3v) is 5.57. The highest BCUT2D eigenvalue weighted by Gasteiger charge is 2.11. The van der Waals surface area contributed by atoms with Gasteiger partial charge in [0.1, 0.15) is 12.4 Å². The summed E-state index contributed by atoms with van der Waals surface area (Å²) in [4.78, 5) is 10.3. The Labute approximate surface area is 195 Å². The Morgan fingerprint density at radius 3 is 2.23 bits per heavy atom. The second kappa shape index (κ2) is 9.90. The van der Waals surface area contributed by atoms with E-state index in [0.29, 0.717) is 25.3 Å². The van der Waals surface area contributed by atoms with Gasteiger partial charge in [0.25, 0.3) is 5.69 Å². The van der Waals surface area contributed by atoms with Gasteiger partial charge in [0.2, 0.25) is 0 Å². The monoisotopic (exact) mass is 546 g/mol. The molecule has 0 amide bonds. The summed E-state index contributed by atoms with van der Waals surface area (Å²) in [6, 6.07) is 19.2. The van der Waals surface area contributed by atoms with E-state index in [9.17, 15) is 15.4 Å². The number of nitro benzene ring substituents is 1. The Morgan fingerprint density at radius 1 is 1.10 bits per heavy atom. The molecule has 5 nitrogen and oxygen atoms in total. The van der Waals surface area contributed by atoms with Gasteiger partial charge in [0, 0.05) is 17.2 Å². The Kier molecular flexibility index (Phi) is 7.27. The summed E-state index contributed by atoms with van der Waals surface area (Å²) in [5.41, 5.74) is 2.92. The maximum atomic E-state index is 10.7. The van der Waals surface area contributed by atoms with Gasteiger partial charge in [-0.15, -0.1) is 0 Å². The Morgan fingerprint density at radius 2 is 1.70 bits per heavy atom. The van der Waals surface area contributed by atoms with E-state index in [2.05, 4.69) is 37.9 Å². The van der Waals surface area contributed by atoms with Crippen LogP contribution >= 0.6 is 43.5 Å². The van der Waals surface area contributed by atoms with E-state index in [1.807, 2.05) is 12.1 Å². The molecule has 0 fully saturated rings. The first kappa shape index (κ1) is 22.0. The molecule has 30 heavy (non-hydrogen) atoms. The molecular formula is C22H13Br2ClN2O3. The Hall–Kier alpha value is -2.66. The molecule has 0 saturated heterocycles. The summed E-state index contributed by atoms with van der Waals surface area (Å²) >= 11 is 12.9. The van der Waals surface area contributed by atoms with Gasteiger partial charge in [-0.3, -0.25) is 10.1 Å². The molecule has 3 rings (SSSR count). The first-order valence-corrected chi connectivity index (χ1v) is 10.6. The largest absolute Gasteiger partial charge is 0.487 e. The fourth-order valence-electron chi connectivity index (χ4n) is 2.65. The predicted molar refractivity (Wildman–Crippen MR) is 124 cm³/mol. The highest BCUT2D eigenvalue weighted by molar-refractivity contribution is 9.11. The van der Waals surface area contributed by atoms with Gasteiger partial charge in [0.15, 0.2) is 0 Å². The van der Waals surface area contributed by atoms with Gasteiger partial charge in [-0.2, -0.15) is 5.26 Å². The molecule has 0 heterocycles. The standard InChI is InChI=1S/C22H13Br2ClN2O3/c23-20-10-15(9-17(12-26)16-3-5-18(25)6-4-16)11-21(24)22(20)30-13-14-1-7-19(8-2-14)27(28)29/h1-11H,13H2/b17-9-. The lowest BCUT2D eigenvalue weighted by molar-refractivity contribution is -0.384. The molecule has 0 saturated carbocycles. The van der Waals surface area contributed by atoms with E-state index in [1.54, 1.807) is 42.5 Å². The number of non-ortho nitro benzene ring substituents is 1. The van der Waals surface area contributed by atoms with Crippen molar-refractivity contribution in [2.24, 2.45) is 0 Å². The summed E-state index contributed by atoms with van der Waals surface area (Å²) in [7, 11) is 0. The molecule has 0 spiro atoms. The van der Waals surface area contributed by atoms with Crippen molar-refractivity contribution in [3.05, 3.63) is 101 Å². The number of hydrogen-bond acceptors (Lipinski definition) is 4. The summed E-state index contributed by atoms with van der Waals surface area (Å²) in [5.74, 6) is 0.593. The number of benzene rings is 3. The minimum absolute atomic E-state index is 0.0336. The van der Waals surface area contributed by atoms with E-state index in [4.69, 9.17) is 16.3 Å². The molecule has 0 N–H and O–H groups in total. The minimum atomic E-state index is -0.441. The zero-order valence-corrected chi connectivity index (χ0v) is 19.2. The Bertz CT molecular complexity index is 1130. The van der Waals surface area contributed by atoms with Crippen molar-refractivity contribution in [1.82, 2.24) is 0 Å². The van der Waals surface area contributed by atoms with Crippen LogP contribution in [0.4, 0.5) is 5.69 Å². The SMILES string of the molecule is N#C/C(=C/c1cc(Br)c(OCc2ccc([N+](=O)[O-])cc2)c(Br)c1)c1ccc(Cl)cc1. The van der Waals surface area contributed by atoms with Crippen LogP contribution in [0.1, 0.15) is 16.7 Å². The molecule has 0 bridgehead atoms. The highest BCUT2D eigenvalue weighted by atomic mass is 79.9. The average Bonchev–Trinajstić information content (AvgIpc) is 2.72. The molecule has 0 aliphatic carbocycles. The molecule has 150 valence electrons. The van der Waals surface area contributed by atoms with Crippen LogP contribution in [-0.2, 0) is 6.61 Å². The second-order valence-corrected chi connectivity index (χ2v) is 8.35. The van der Waals surface area contributed by atoms with Crippen molar-refractivity contribution in [3.8, 4) is 11.8 Å². The summed E-state index contributed by atoms with van der Waals surface area (Å²) in [6.45, 7) is 0.249. The van der Waals surface area contributed by atoms with E-state index in [-0.39, 0.29) is 12.3 Å². The molecule has 3 aromatic rings. The lowest BCUT2D eigenvalue weighted by Crippen LogP contribution is -1.98. The lowest BCUT2D eigenvalue weighted by Gasteiger charge is -2.12. The molecule has 0 aliphatic heterocycles. The van der Waals surface area contributed by atoms with Gasteiger partial charge < -0.3 is 4.74 Å². The molecule has 3 aromatic carbocycles. The van der Waals surface area contributed by atoms with Crippen LogP contribution in [0.3, 0.4) is 0 Å². The number of nitrogens with zero attached hydrogens (tertiary/aromatic N) is 2. The molecule has 0 radical (unpaired) electrons. The van der Waals surface area contributed by atoms with Crippen LogP contribution in [0.2, 0.25) is 5.02 Å². The maximum Gasteiger partial charge on any atom is 0.269 e. The van der Waals surface area contributed by atoms with Crippen molar-refractivity contribution < 1.29 is 9.66 Å². The van der Waals surface area contributed by atoms with Crippen LogP contribution in [-0.4, -0.2) is 4.92 Å². The fraction of sp³-hybridized carbons (Fsp3) is 0.0455. The quantitative estimate of drug-likeness (QED) is 0.139. The van der Waals surface area contributed by atoms with E-state index in [1.165, 1.54) is 12.1 Å². The fourth-order valence-corrected chi connectivity index (χ4v) is 4.22. The zero-order valence-electron chi connectivity index (χ0n) is 15.3. The zero-order chi connectivity index (χ0) is 21.7. The van der Waals surface area contributed by atoms with Crippen LogP contribution < -0.4 is 4.74 Å². The lowest BCUT2D eigenvalue weighted by atomic mass is 10.0. The number of rotatable bonds is 6. The van der Waals surface area contributed by atoms with Crippen molar-refractivity contribution in [2.45, 2.75) is 6.61 Å². The van der Waals surface area contributed by atoms with Crippen molar-refractivity contribution >= 4 is 60.8 Å². The van der Waals surface area contributed by atoms with Crippen molar-refractivity contribution in [2.75, 3.05) is 0 Å². The molecule has 8 heteroatoms. The van der Waals surface area contributed by atoms with Gasteiger partial charge in [-0.05, 0) is 91.0 Å². The molecule has 0 aromatic heterocycles. The van der Waals surface area contributed by atoms with Crippen LogP contribution in [0.5, 0.6) is 5.75 Å². The maximum absolute atomic E-state index is 10.7. The van der Waals surface area contributed by atoms with Crippen molar-refractivity contribution in [1.29, 1.82) is 5.26 Å². The number of nitro groups is 1. The third kappa shape index (κ3) is 5.48. The summed E-state index contributed by atoms with van der Waals surface area (Å²) in [5, 5.41) is 20.9. The highest BCUT2D eigenvalue weighted by Crippen LogP contribution is 2.36. The Balaban J connectivity index is 1.80. The topological polar surface area (TPSA) is 76.2 Å². The van der Waals surface area contributed by atoms with E-state index >= 15 is 0 Å². The number of ether oxygens (including phenoxy) is 1. The summed E-state index contributed by atoms with van der Waals surface area (Å²) < 4.78 is 7.29. The minimum Gasteiger partial charge on any atom is -0.487 e. The van der Waals surface area contributed by atoms with Crippen LogP contribution in [0.25, 0.3) is 11.6 Å². The summed E-state index contributed by atoms with van der Waals surface area (Å²) in [6.07, 6.45) is 1.78. The molecular weight excluding hydrogens is 536 g/mol. The second-order valence-electron chi connectivity index (χ2n) is 6.20. The molecule has 0 aliphatic rings. The van der Waals surface area contributed by atoms with Crippen LogP contribution in [0, 0.1) is 21.4 Å². The predicted octanol–water partition coefficient (Wildman–Crippen LogP) is 7.42. The van der Waals surface area contributed by atoms with Gasteiger partial charge in [-0.1, -0.05) is 23.7 Å². The van der Waals surface area contributed by atoms with Gasteiger partial charge in [0.05, 0.1) is 25.5 Å². The molecule has 0 unspecified atom stereocenters. The first-order chi connectivity index (χ1) is 14.4. The smallest absolute Gasteiger partial charge is 0.269 e. The van der Waals surface area contributed by atoms with Gasteiger partial charge >= 0.3 is 0 Å². The van der Waals surface area contributed by atoms with E-state index in [0.717, 1.165) is 16.7 Å². The number of hydrogen-bond donors (Lipinski definition) is 0. The molecule has 0 atom stereocenters.